The molecule has 1 N–H and O–H groups in total. The summed E-state index contributed by atoms with van der Waals surface area (Å²) in [7, 11) is 0. The monoisotopic (exact) mass is 415 g/mol. The molecule has 21 heavy (non-hydrogen) atoms. The van der Waals surface area contributed by atoms with Crippen molar-refractivity contribution in [3.05, 3.63) is 61.4 Å². The van der Waals surface area contributed by atoms with Crippen LogP contribution in [0, 0.1) is 0 Å². The van der Waals surface area contributed by atoms with Gasteiger partial charge in [0.1, 0.15) is 12.4 Å². The van der Waals surface area contributed by atoms with E-state index in [1.807, 2.05) is 0 Å². The van der Waals surface area contributed by atoms with E-state index in [1.165, 1.54) is 16.7 Å². The van der Waals surface area contributed by atoms with Gasteiger partial charge < -0.3 is 14.4 Å². The van der Waals surface area contributed by atoms with Crippen molar-refractivity contribution < 1.29 is 14.6 Å². The summed E-state index contributed by atoms with van der Waals surface area (Å²) in [4.78, 5) is 22.6. The van der Waals surface area contributed by atoms with Gasteiger partial charge in [-0.25, -0.2) is 4.79 Å². The molecule has 0 bridgehead atoms. The number of benzene rings is 1. The third-order valence-electron chi connectivity index (χ3n) is 2.71. The van der Waals surface area contributed by atoms with Crippen molar-refractivity contribution in [3.63, 3.8) is 0 Å². The number of nitrogens with zero attached hydrogens (tertiary/aromatic N) is 1. The molecule has 0 aliphatic carbocycles. The molecule has 0 spiro atoms. The average Bonchev–Trinajstić information content (AvgIpc) is 2.44. The topological polar surface area (TPSA) is 68.5 Å². The van der Waals surface area contributed by atoms with E-state index < -0.39 is 5.97 Å². The fourth-order valence-corrected chi connectivity index (χ4v) is 2.94. The molecule has 0 radical (unpaired) electrons. The number of hydrogen-bond donors (Lipinski definition) is 1. The van der Waals surface area contributed by atoms with Crippen LogP contribution in [0.4, 0.5) is 0 Å². The number of pyridine rings is 1. The molecular weight excluding hydrogens is 406 g/mol. The largest absolute Gasteiger partial charge is 0.492 e. The molecule has 1 aromatic carbocycles. The quantitative estimate of drug-likeness (QED) is 0.812. The lowest BCUT2D eigenvalue weighted by Gasteiger charge is -2.09. The van der Waals surface area contributed by atoms with Crippen molar-refractivity contribution in [2.45, 2.75) is 6.54 Å². The second-order valence-corrected chi connectivity index (χ2v) is 5.95. The van der Waals surface area contributed by atoms with Gasteiger partial charge in [0.05, 0.1) is 16.6 Å². The Hall–Kier alpha value is -1.60. The summed E-state index contributed by atoms with van der Waals surface area (Å²) < 4.78 is 8.29. The van der Waals surface area contributed by atoms with Crippen LogP contribution in [-0.4, -0.2) is 22.2 Å². The van der Waals surface area contributed by atoms with E-state index in [0.717, 1.165) is 4.47 Å². The van der Waals surface area contributed by atoms with Gasteiger partial charge in [-0.3, -0.25) is 4.79 Å². The zero-order chi connectivity index (χ0) is 15.4. The van der Waals surface area contributed by atoms with Crippen molar-refractivity contribution >= 4 is 37.8 Å². The van der Waals surface area contributed by atoms with E-state index in [4.69, 9.17) is 9.84 Å². The molecular formula is C14H11Br2NO4. The zero-order valence-electron chi connectivity index (χ0n) is 10.8. The minimum absolute atomic E-state index is 0.136. The van der Waals surface area contributed by atoms with Gasteiger partial charge in [-0.15, -0.1) is 0 Å². The molecule has 0 amide bonds. The Bertz CT molecular complexity index is 710. The van der Waals surface area contributed by atoms with E-state index in [0.29, 0.717) is 23.4 Å². The van der Waals surface area contributed by atoms with Gasteiger partial charge in [-0.1, -0.05) is 0 Å². The van der Waals surface area contributed by atoms with Crippen LogP contribution in [0.1, 0.15) is 10.4 Å². The summed E-state index contributed by atoms with van der Waals surface area (Å²) in [5.74, 6) is -0.422. The van der Waals surface area contributed by atoms with Gasteiger partial charge in [0, 0.05) is 10.7 Å². The first kappa shape index (κ1) is 15.8. The van der Waals surface area contributed by atoms with Crippen LogP contribution >= 0.6 is 31.9 Å². The fourth-order valence-electron chi connectivity index (χ4n) is 1.69. The van der Waals surface area contributed by atoms with Crippen molar-refractivity contribution in [1.82, 2.24) is 4.57 Å². The first-order chi connectivity index (χ1) is 9.97. The predicted molar refractivity (Wildman–Crippen MR) is 85.0 cm³/mol. The minimum atomic E-state index is -0.980. The number of carboxylic acids is 1. The average molecular weight is 417 g/mol. The molecule has 110 valence electrons. The molecule has 0 atom stereocenters. The van der Waals surface area contributed by atoms with Crippen LogP contribution in [0.25, 0.3) is 0 Å². The van der Waals surface area contributed by atoms with Crippen LogP contribution in [0.15, 0.2) is 50.3 Å². The highest BCUT2D eigenvalue weighted by Crippen LogP contribution is 2.14. The maximum Gasteiger partial charge on any atom is 0.335 e. The van der Waals surface area contributed by atoms with E-state index in [-0.39, 0.29) is 11.1 Å². The fraction of sp³-hybridized carbons (Fsp3) is 0.143. The number of aromatic nitrogens is 1. The third kappa shape index (κ3) is 4.18. The summed E-state index contributed by atoms with van der Waals surface area (Å²) in [5, 5.41) is 8.80. The van der Waals surface area contributed by atoms with Crippen LogP contribution in [0.3, 0.4) is 0 Å². The number of aromatic carboxylic acids is 1. The molecule has 5 nitrogen and oxygen atoms in total. The van der Waals surface area contributed by atoms with Crippen molar-refractivity contribution in [1.29, 1.82) is 0 Å². The highest BCUT2D eigenvalue weighted by Gasteiger charge is 2.04. The van der Waals surface area contributed by atoms with Crippen LogP contribution in [-0.2, 0) is 6.54 Å². The Kier molecular flexibility index (Phi) is 5.19. The molecule has 0 saturated carbocycles. The Morgan fingerprint density at radius 2 is 1.90 bits per heavy atom. The van der Waals surface area contributed by atoms with Crippen LogP contribution < -0.4 is 10.3 Å². The first-order valence-electron chi connectivity index (χ1n) is 5.99. The van der Waals surface area contributed by atoms with Gasteiger partial charge in [-0.2, -0.15) is 0 Å². The minimum Gasteiger partial charge on any atom is -0.492 e. The van der Waals surface area contributed by atoms with E-state index in [2.05, 4.69) is 31.9 Å². The molecule has 0 fully saturated rings. The standard InChI is InChI=1S/C14H11Br2NO4/c15-10-7-12(16)13(18)17(8-10)5-6-21-11-3-1-9(2-4-11)14(19)20/h1-4,7-8H,5-6H2,(H,19,20). The Balaban J connectivity index is 1.98. The smallest absolute Gasteiger partial charge is 0.335 e. The lowest BCUT2D eigenvalue weighted by molar-refractivity contribution is 0.0697. The number of carboxylic acid groups (broad SMARTS) is 1. The summed E-state index contributed by atoms with van der Waals surface area (Å²) in [5.41, 5.74) is 0.0671. The molecule has 1 heterocycles. The van der Waals surface area contributed by atoms with Gasteiger partial charge in [-0.05, 0) is 62.2 Å². The lowest BCUT2D eigenvalue weighted by atomic mass is 10.2. The molecule has 0 saturated heterocycles. The number of carbonyl (C=O) groups is 1. The highest BCUT2D eigenvalue weighted by atomic mass is 79.9. The summed E-state index contributed by atoms with van der Waals surface area (Å²) >= 11 is 6.51. The molecule has 0 unspecified atom stereocenters. The van der Waals surface area contributed by atoms with Gasteiger partial charge >= 0.3 is 5.97 Å². The van der Waals surface area contributed by atoms with E-state index >= 15 is 0 Å². The summed E-state index contributed by atoms with van der Waals surface area (Å²) in [6.07, 6.45) is 1.68. The maximum absolute atomic E-state index is 11.9. The van der Waals surface area contributed by atoms with Crippen LogP contribution in [0.2, 0.25) is 0 Å². The molecule has 7 heteroatoms. The summed E-state index contributed by atoms with van der Waals surface area (Å²) in [6.45, 7) is 0.687. The zero-order valence-corrected chi connectivity index (χ0v) is 13.9. The second-order valence-electron chi connectivity index (χ2n) is 4.18. The number of halogens is 2. The molecule has 0 aliphatic heterocycles. The van der Waals surface area contributed by atoms with Gasteiger partial charge in [0.15, 0.2) is 0 Å². The van der Waals surface area contributed by atoms with Crippen molar-refractivity contribution in [3.8, 4) is 5.75 Å². The van der Waals surface area contributed by atoms with Gasteiger partial charge in [0.25, 0.3) is 5.56 Å². The predicted octanol–water partition coefficient (Wildman–Crippen LogP) is 3.15. The normalized spacial score (nSPS) is 10.4. The summed E-state index contributed by atoms with van der Waals surface area (Å²) in [6, 6.07) is 7.80. The molecule has 1 aromatic heterocycles. The van der Waals surface area contributed by atoms with Crippen molar-refractivity contribution in [2.75, 3.05) is 6.61 Å². The Morgan fingerprint density at radius 1 is 1.24 bits per heavy atom. The van der Waals surface area contributed by atoms with Crippen molar-refractivity contribution in [2.24, 2.45) is 0 Å². The lowest BCUT2D eigenvalue weighted by Crippen LogP contribution is -2.23. The second kappa shape index (κ2) is 6.91. The molecule has 2 rings (SSSR count). The number of ether oxygens (including phenoxy) is 1. The molecule has 0 aliphatic rings. The van der Waals surface area contributed by atoms with E-state index in [9.17, 15) is 9.59 Å². The highest BCUT2D eigenvalue weighted by molar-refractivity contribution is 9.11. The maximum atomic E-state index is 11.9. The third-order valence-corrected chi connectivity index (χ3v) is 3.71. The Morgan fingerprint density at radius 3 is 2.52 bits per heavy atom. The molecule has 2 aromatic rings. The Labute approximate surface area is 137 Å². The van der Waals surface area contributed by atoms with Crippen LogP contribution in [0.5, 0.6) is 5.75 Å². The number of rotatable bonds is 5. The van der Waals surface area contributed by atoms with Gasteiger partial charge in [0.2, 0.25) is 0 Å². The number of hydrogen-bond acceptors (Lipinski definition) is 3. The van der Waals surface area contributed by atoms with E-state index in [1.54, 1.807) is 24.4 Å². The SMILES string of the molecule is O=C(O)c1ccc(OCCn2cc(Br)cc(Br)c2=O)cc1. The first-order valence-corrected chi connectivity index (χ1v) is 7.57.